The van der Waals surface area contributed by atoms with Gasteiger partial charge in [0.2, 0.25) is 5.91 Å². The Hall–Kier alpha value is -2.54. The van der Waals surface area contributed by atoms with Crippen LogP contribution in [0, 0.1) is 0 Å². The Morgan fingerprint density at radius 1 is 1.04 bits per heavy atom. The van der Waals surface area contributed by atoms with Crippen LogP contribution in [0.5, 0.6) is 5.75 Å². The minimum atomic E-state index is -4.40. The molecule has 2 atom stereocenters. The Morgan fingerprint density at radius 2 is 1.62 bits per heavy atom. The van der Waals surface area contributed by atoms with Crippen molar-refractivity contribution < 1.29 is 22.7 Å². The molecule has 2 aromatic rings. The van der Waals surface area contributed by atoms with Gasteiger partial charge < -0.3 is 15.4 Å². The fourth-order valence-corrected chi connectivity index (χ4v) is 2.77. The highest BCUT2D eigenvalue weighted by Gasteiger charge is 2.46. The quantitative estimate of drug-likeness (QED) is 0.876. The first-order valence-electron chi connectivity index (χ1n) is 7.23. The van der Waals surface area contributed by atoms with Crippen molar-refractivity contribution in [1.29, 1.82) is 0 Å². The number of benzene rings is 2. The molecule has 2 unspecified atom stereocenters. The molecule has 4 nitrogen and oxygen atoms in total. The lowest BCUT2D eigenvalue weighted by Crippen LogP contribution is -2.63. The monoisotopic (exact) mass is 336 g/mol. The van der Waals surface area contributed by atoms with E-state index in [0.29, 0.717) is 17.0 Å². The van der Waals surface area contributed by atoms with Gasteiger partial charge in [-0.3, -0.25) is 4.79 Å². The number of alkyl halides is 3. The van der Waals surface area contributed by atoms with E-state index in [1.807, 2.05) is 0 Å². The number of halogens is 3. The van der Waals surface area contributed by atoms with Gasteiger partial charge in [0.1, 0.15) is 11.8 Å². The number of methoxy groups -OCH3 is 1. The largest absolute Gasteiger partial charge is 0.497 e. The van der Waals surface area contributed by atoms with Crippen molar-refractivity contribution in [2.45, 2.75) is 18.3 Å². The van der Waals surface area contributed by atoms with E-state index < -0.39 is 23.8 Å². The lowest BCUT2D eigenvalue weighted by molar-refractivity contribution is -0.137. The smallest absolute Gasteiger partial charge is 0.416 e. The van der Waals surface area contributed by atoms with Gasteiger partial charge in [0.25, 0.3) is 0 Å². The fraction of sp³-hybridized carbons (Fsp3) is 0.235. The van der Waals surface area contributed by atoms with Crippen molar-refractivity contribution >= 4 is 11.6 Å². The van der Waals surface area contributed by atoms with Gasteiger partial charge in [0, 0.05) is 5.69 Å². The van der Waals surface area contributed by atoms with E-state index in [2.05, 4.69) is 0 Å². The number of hydrogen-bond donors (Lipinski definition) is 1. The van der Waals surface area contributed by atoms with Crippen LogP contribution in [0.1, 0.15) is 17.2 Å². The molecule has 2 aromatic carbocycles. The van der Waals surface area contributed by atoms with E-state index in [1.54, 1.807) is 24.3 Å². The maximum absolute atomic E-state index is 12.7. The van der Waals surface area contributed by atoms with Crippen LogP contribution < -0.4 is 15.4 Å². The van der Waals surface area contributed by atoms with Gasteiger partial charge in [-0.15, -0.1) is 0 Å². The average Bonchev–Trinajstić information content (AvgIpc) is 2.58. The lowest BCUT2D eigenvalue weighted by atomic mass is 9.88. The Kier molecular flexibility index (Phi) is 3.96. The van der Waals surface area contributed by atoms with Gasteiger partial charge in [0.05, 0.1) is 18.7 Å². The Balaban J connectivity index is 1.89. The minimum absolute atomic E-state index is 0.273. The van der Waals surface area contributed by atoms with Crippen molar-refractivity contribution in [3.63, 3.8) is 0 Å². The first-order valence-corrected chi connectivity index (χ1v) is 7.23. The summed E-state index contributed by atoms with van der Waals surface area (Å²) in [5.41, 5.74) is 6.31. The first kappa shape index (κ1) is 16.3. The van der Waals surface area contributed by atoms with Crippen molar-refractivity contribution in [3.8, 4) is 5.75 Å². The normalized spacial score (nSPS) is 20.7. The molecule has 0 bridgehead atoms. The van der Waals surface area contributed by atoms with Crippen LogP contribution in [0.25, 0.3) is 0 Å². The first-order chi connectivity index (χ1) is 11.3. The summed E-state index contributed by atoms with van der Waals surface area (Å²) in [6.07, 6.45) is -4.40. The second-order valence-corrected chi connectivity index (χ2v) is 5.50. The number of amides is 1. The highest BCUT2D eigenvalue weighted by Crippen LogP contribution is 2.39. The molecule has 126 valence electrons. The summed E-state index contributed by atoms with van der Waals surface area (Å²) in [6, 6.07) is 10.3. The SMILES string of the molecule is COc1ccc(N2C(=O)C(N)C2c2ccc(C(F)(F)F)cc2)cc1. The van der Waals surface area contributed by atoms with E-state index >= 15 is 0 Å². The summed E-state index contributed by atoms with van der Waals surface area (Å²) in [5.74, 6) is 0.368. The second-order valence-electron chi connectivity index (χ2n) is 5.50. The number of β-lactam (4-membered cyclic amide) rings is 1. The van der Waals surface area contributed by atoms with Crippen molar-refractivity contribution in [3.05, 3.63) is 59.7 Å². The number of nitrogens with zero attached hydrogens (tertiary/aromatic N) is 1. The van der Waals surface area contributed by atoms with Crippen molar-refractivity contribution in [1.82, 2.24) is 0 Å². The number of anilines is 1. The number of nitrogens with two attached hydrogens (primary N) is 1. The lowest BCUT2D eigenvalue weighted by Gasteiger charge is -2.45. The molecule has 0 saturated carbocycles. The molecule has 0 aliphatic carbocycles. The van der Waals surface area contributed by atoms with Crippen molar-refractivity contribution in [2.24, 2.45) is 5.73 Å². The van der Waals surface area contributed by atoms with E-state index in [0.717, 1.165) is 12.1 Å². The maximum Gasteiger partial charge on any atom is 0.416 e. The van der Waals surface area contributed by atoms with Gasteiger partial charge in [-0.25, -0.2) is 0 Å². The molecule has 0 spiro atoms. The standard InChI is InChI=1S/C17H15F3N2O2/c1-24-13-8-6-12(7-9-13)22-15(14(21)16(22)23)10-2-4-11(5-3-10)17(18,19)20/h2-9,14-15H,21H2,1H3. The molecule has 1 aliphatic heterocycles. The highest BCUT2D eigenvalue weighted by atomic mass is 19.4. The molecule has 2 N–H and O–H groups in total. The van der Waals surface area contributed by atoms with Crippen molar-refractivity contribution in [2.75, 3.05) is 12.0 Å². The van der Waals surface area contributed by atoms with Gasteiger partial charge in [-0.2, -0.15) is 13.2 Å². The number of hydrogen-bond acceptors (Lipinski definition) is 3. The number of rotatable bonds is 3. The van der Waals surface area contributed by atoms with Crippen LogP contribution in [0.2, 0.25) is 0 Å². The van der Waals surface area contributed by atoms with E-state index in [1.165, 1.54) is 24.1 Å². The minimum Gasteiger partial charge on any atom is -0.497 e. The van der Waals surface area contributed by atoms with Gasteiger partial charge in [0.15, 0.2) is 0 Å². The average molecular weight is 336 g/mol. The summed E-state index contributed by atoms with van der Waals surface area (Å²) in [6.45, 7) is 0. The zero-order valence-electron chi connectivity index (χ0n) is 12.7. The van der Waals surface area contributed by atoms with Gasteiger partial charge >= 0.3 is 6.18 Å². The van der Waals surface area contributed by atoms with E-state index in [9.17, 15) is 18.0 Å². The summed E-state index contributed by atoms with van der Waals surface area (Å²) in [7, 11) is 1.53. The maximum atomic E-state index is 12.7. The van der Waals surface area contributed by atoms with Crippen LogP contribution in [-0.4, -0.2) is 19.1 Å². The molecular formula is C17H15F3N2O2. The molecule has 1 aliphatic rings. The fourth-order valence-electron chi connectivity index (χ4n) is 2.77. The van der Waals surface area contributed by atoms with Crippen LogP contribution in [0.3, 0.4) is 0 Å². The Bertz CT molecular complexity index is 742. The second kappa shape index (κ2) is 5.83. The van der Waals surface area contributed by atoms with E-state index in [4.69, 9.17) is 10.5 Å². The third-order valence-electron chi connectivity index (χ3n) is 4.07. The van der Waals surface area contributed by atoms with Gasteiger partial charge in [-0.05, 0) is 42.0 Å². The summed E-state index contributed by atoms with van der Waals surface area (Å²) < 4.78 is 43.1. The zero-order valence-corrected chi connectivity index (χ0v) is 12.7. The third-order valence-corrected chi connectivity index (χ3v) is 4.07. The molecule has 1 saturated heterocycles. The number of ether oxygens (including phenoxy) is 1. The zero-order chi connectivity index (χ0) is 17.5. The molecular weight excluding hydrogens is 321 g/mol. The molecule has 1 amide bonds. The highest BCUT2D eigenvalue weighted by molar-refractivity contribution is 6.05. The Labute approximate surface area is 136 Å². The topological polar surface area (TPSA) is 55.6 Å². The molecule has 0 aromatic heterocycles. The molecule has 3 rings (SSSR count). The molecule has 1 heterocycles. The van der Waals surface area contributed by atoms with Crippen LogP contribution >= 0.6 is 0 Å². The number of carbonyl (C=O) groups excluding carboxylic acids is 1. The van der Waals surface area contributed by atoms with Crippen LogP contribution in [0.4, 0.5) is 18.9 Å². The predicted octanol–water partition coefficient (Wildman–Crippen LogP) is 3.13. The van der Waals surface area contributed by atoms with Crippen LogP contribution in [-0.2, 0) is 11.0 Å². The van der Waals surface area contributed by atoms with Gasteiger partial charge in [-0.1, -0.05) is 12.1 Å². The Morgan fingerprint density at radius 3 is 2.12 bits per heavy atom. The van der Waals surface area contributed by atoms with Crippen LogP contribution in [0.15, 0.2) is 48.5 Å². The third kappa shape index (κ3) is 2.71. The molecule has 24 heavy (non-hydrogen) atoms. The molecule has 7 heteroatoms. The summed E-state index contributed by atoms with van der Waals surface area (Å²) >= 11 is 0. The van der Waals surface area contributed by atoms with E-state index in [-0.39, 0.29) is 5.91 Å². The summed E-state index contributed by atoms with van der Waals surface area (Å²) in [4.78, 5) is 13.6. The summed E-state index contributed by atoms with van der Waals surface area (Å²) in [5, 5.41) is 0. The molecule has 1 fully saturated rings. The molecule has 0 radical (unpaired) electrons. The predicted molar refractivity (Wildman–Crippen MR) is 82.6 cm³/mol. The number of carbonyl (C=O) groups is 1.